The molecule has 2 aromatic rings. The predicted octanol–water partition coefficient (Wildman–Crippen LogP) is 3.87. The van der Waals surface area contributed by atoms with Crippen LogP contribution in [0.2, 0.25) is 0 Å². The predicted molar refractivity (Wildman–Crippen MR) is 94.8 cm³/mol. The summed E-state index contributed by atoms with van der Waals surface area (Å²) < 4.78 is 0. The summed E-state index contributed by atoms with van der Waals surface area (Å²) in [6, 6.07) is 0. The van der Waals surface area contributed by atoms with E-state index in [1.165, 1.54) is 22.2 Å². The Labute approximate surface area is 140 Å². The highest BCUT2D eigenvalue weighted by molar-refractivity contribution is 8.00. The molecule has 0 fully saturated rings. The monoisotopic (exact) mass is 337 g/mol. The summed E-state index contributed by atoms with van der Waals surface area (Å²) in [5, 5.41) is 4.83. The number of fused-ring (bicyclic) bond motifs is 1. The highest BCUT2D eigenvalue weighted by Gasteiger charge is 2.20. The molecule has 0 radical (unpaired) electrons. The largest absolute Gasteiger partial charge is 0.355 e. The summed E-state index contributed by atoms with van der Waals surface area (Å²) in [5.41, 5.74) is 1.22. The molecule has 0 aliphatic rings. The van der Waals surface area contributed by atoms with Crippen LogP contribution in [-0.4, -0.2) is 27.7 Å². The highest BCUT2D eigenvalue weighted by atomic mass is 32.2. The van der Waals surface area contributed by atoms with E-state index in [1.807, 2.05) is 13.8 Å². The summed E-state index contributed by atoms with van der Waals surface area (Å²) in [6.45, 7) is 12.9. The molecule has 6 heteroatoms. The van der Waals surface area contributed by atoms with Crippen molar-refractivity contribution >= 4 is 39.2 Å². The first-order valence-corrected chi connectivity index (χ1v) is 9.18. The lowest BCUT2D eigenvalue weighted by molar-refractivity contribution is -0.120. The SMILES string of the molecule is Cc1nc(SC(C)C(=O)NCC(C)C)c2c(C)c(C)sc2n1. The third kappa shape index (κ3) is 3.79. The minimum absolute atomic E-state index is 0.0627. The van der Waals surface area contributed by atoms with Crippen LogP contribution in [0, 0.1) is 26.7 Å². The van der Waals surface area contributed by atoms with Gasteiger partial charge in [0.1, 0.15) is 15.7 Å². The Morgan fingerprint density at radius 3 is 2.55 bits per heavy atom. The Bertz CT molecular complexity index is 694. The van der Waals surface area contributed by atoms with Gasteiger partial charge >= 0.3 is 0 Å². The molecular formula is C16H23N3OS2. The number of hydrogen-bond acceptors (Lipinski definition) is 5. The van der Waals surface area contributed by atoms with Gasteiger partial charge in [0.2, 0.25) is 5.91 Å². The molecule has 2 heterocycles. The second-order valence-electron chi connectivity index (χ2n) is 5.94. The van der Waals surface area contributed by atoms with Crippen molar-refractivity contribution in [2.45, 2.75) is 51.8 Å². The van der Waals surface area contributed by atoms with Crippen LogP contribution in [0.4, 0.5) is 0 Å². The molecule has 4 nitrogen and oxygen atoms in total. The summed E-state index contributed by atoms with van der Waals surface area (Å²) in [5.74, 6) is 1.27. The van der Waals surface area contributed by atoms with Gasteiger partial charge in [-0.3, -0.25) is 4.79 Å². The third-order valence-electron chi connectivity index (χ3n) is 3.45. The number of carbonyl (C=O) groups is 1. The maximum absolute atomic E-state index is 12.2. The molecule has 2 rings (SSSR count). The molecule has 0 spiro atoms. The van der Waals surface area contributed by atoms with Gasteiger partial charge in [0.25, 0.3) is 0 Å². The van der Waals surface area contributed by atoms with Crippen molar-refractivity contribution in [3.63, 3.8) is 0 Å². The van der Waals surface area contributed by atoms with Gasteiger partial charge < -0.3 is 5.32 Å². The Balaban J connectivity index is 2.25. The number of thioether (sulfide) groups is 1. The van der Waals surface area contributed by atoms with Gasteiger partial charge in [-0.1, -0.05) is 25.6 Å². The number of hydrogen-bond donors (Lipinski definition) is 1. The number of thiophene rings is 1. The Morgan fingerprint density at radius 2 is 1.91 bits per heavy atom. The van der Waals surface area contributed by atoms with Crippen LogP contribution in [0.1, 0.15) is 37.0 Å². The fourth-order valence-corrected chi connectivity index (χ4v) is 4.29. The van der Waals surface area contributed by atoms with Crippen molar-refractivity contribution in [1.29, 1.82) is 0 Å². The molecule has 22 heavy (non-hydrogen) atoms. The summed E-state index contributed by atoms with van der Waals surface area (Å²) in [7, 11) is 0. The van der Waals surface area contributed by atoms with Gasteiger partial charge in [-0.05, 0) is 39.2 Å². The second kappa shape index (κ2) is 6.96. The van der Waals surface area contributed by atoms with Crippen molar-refractivity contribution in [3.05, 3.63) is 16.3 Å². The molecule has 0 saturated carbocycles. The molecule has 2 aromatic heterocycles. The van der Waals surface area contributed by atoms with Crippen LogP contribution in [-0.2, 0) is 4.79 Å². The lowest BCUT2D eigenvalue weighted by Gasteiger charge is -2.14. The van der Waals surface area contributed by atoms with Crippen LogP contribution in [0.15, 0.2) is 5.03 Å². The van der Waals surface area contributed by atoms with Gasteiger partial charge in [0.05, 0.1) is 5.25 Å². The molecular weight excluding hydrogens is 314 g/mol. The summed E-state index contributed by atoms with van der Waals surface area (Å²) >= 11 is 3.21. The third-order valence-corrected chi connectivity index (χ3v) is 5.64. The summed E-state index contributed by atoms with van der Waals surface area (Å²) in [4.78, 5) is 23.6. The maximum Gasteiger partial charge on any atom is 0.233 e. The Hall–Kier alpha value is -1.14. The van der Waals surface area contributed by atoms with Crippen LogP contribution >= 0.6 is 23.1 Å². The first-order valence-electron chi connectivity index (χ1n) is 7.48. The maximum atomic E-state index is 12.2. The average Bonchev–Trinajstić information content (AvgIpc) is 2.70. The van der Waals surface area contributed by atoms with Crippen molar-refractivity contribution in [2.24, 2.45) is 5.92 Å². The molecule has 0 bridgehead atoms. The minimum atomic E-state index is -0.171. The zero-order valence-corrected chi connectivity index (χ0v) is 15.6. The molecule has 1 amide bonds. The number of nitrogens with zero attached hydrogens (tertiary/aromatic N) is 2. The number of nitrogens with one attached hydrogen (secondary N) is 1. The van der Waals surface area contributed by atoms with Crippen molar-refractivity contribution in [1.82, 2.24) is 15.3 Å². The van der Waals surface area contributed by atoms with E-state index < -0.39 is 0 Å². The van der Waals surface area contributed by atoms with E-state index in [-0.39, 0.29) is 11.2 Å². The van der Waals surface area contributed by atoms with E-state index in [0.717, 1.165) is 21.1 Å². The van der Waals surface area contributed by atoms with E-state index in [0.29, 0.717) is 12.5 Å². The molecule has 1 N–H and O–H groups in total. The Kier molecular flexibility index (Phi) is 5.45. The van der Waals surface area contributed by atoms with Gasteiger partial charge in [0, 0.05) is 16.8 Å². The molecule has 0 aliphatic carbocycles. The van der Waals surface area contributed by atoms with E-state index in [1.54, 1.807) is 11.3 Å². The first kappa shape index (κ1) is 17.2. The van der Waals surface area contributed by atoms with Crippen molar-refractivity contribution in [3.8, 4) is 0 Å². The van der Waals surface area contributed by atoms with Gasteiger partial charge in [-0.15, -0.1) is 11.3 Å². The van der Waals surface area contributed by atoms with E-state index in [4.69, 9.17) is 0 Å². The minimum Gasteiger partial charge on any atom is -0.355 e. The molecule has 0 aromatic carbocycles. The first-order chi connectivity index (χ1) is 10.3. The van der Waals surface area contributed by atoms with E-state index in [2.05, 4.69) is 43.0 Å². The smallest absolute Gasteiger partial charge is 0.233 e. The van der Waals surface area contributed by atoms with Crippen molar-refractivity contribution in [2.75, 3.05) is 6.54 Å². The fourth-order valence-electron chi connectivity index (χ4n) is 2.07. The van der Waals surface area contributed by atoms with Crippen LogP contribution < -0.4 is 5.32 Å². The average molecular weight is 338 g/mol. The van der Waals surface area contributed by atoms with Crippen LogP contribution in [0.3, 0.4) is 0 Å². The zero-order valence-electron chi connectivity index (χ0n) is 14.0. The number of aromatic nitrogens is 2. The fraction of sp³-hybridized carbons (Fsp3) is 0.562. The molecule has 120 valence electrons. The van der Waals surface area contributed by atoms with Crippen molar-refractivity contribution < 1.29 is 4.79 Å². The molecule has 1 atom stereocenters. The number of aryl methyl sites for hydroxylation is 3. The van der Waals surface area contributed by atoms with E-state index in [9.17, 15) is 4.79 Å². The van der Waals surface area contributed by atoms with E-state index >= 15 is 0 Å². The van der Waals surface area contributed by atoms with Gasteiger partial charge in [-0.25, -0.2) is 9.97 Å². The second-order valence-corrected chi connectivity index (χ2v) is 8.47. The number of carbonyl (C=O) groups excluding carboxylic acids is 1. The summed E-state index contributed by atoms with van der Waals surface area (Å²) in [6.07, 6.45) is 0. The zero-order chi connectivity index (χ0) is 16.4. The number of amides is 1. The highest BCUT2D eigenvalue weighted by Crippen LogP contribution is 2.36. The molecule has 0 aliphatic heterocycles. The molecule has 0 saturated heterocycles. The lowest BCUT2D eigenvalue weighted by atomic mass is 10.2. The van der Waals surface area contributed by atoms with Gasteiger partial charge in [-0.2, -0.15) is 0 Å². The standard InChI is InChI=1S/C16H23N3OS2/c1-8(2)7-17-14(20)11(5)22-16-13-9(3)10(4)21-15(13)18-12(6)19-16/h8,11H,7H2,1-6H3,(H,17,20). The molecule has 1 unspecified atom stereocenters. The van der Waals surface area contributed by atoms with Crippen LogP contribution in [0.5, 0.6) is 0 Å². The van der Waals surface area contributed by atoms with Crippen LogP contribution in [0.25, 0.3) is 10.2 Å². The quantitative estimate of drug-likeness (QED) is 0.665. The van der Waals surface area contributed by atoms with Gasteiger partial charge in [0.15, 0.2) is 0 Å². The Morgan fingerprint density at radius 1 is 1.23 bits per heavy atom. The lowest BCUT2D eigenvalue weighted by Crippen LogP contribution is -2.33. The topological polar surface area (TPSA) is 54.9 Å². The number of rotatable bonds is 5. The normalized spacial score (nSPS) is 12.9.